The van der Waals surface area contributed by atoms with E-state index in [2.05, 4.69) is 21.2 Å². The number of hydrogen-bond donors (Lipinski definition) is 1. The van der Waals surface area contributed by atoms with Gasteiger partial charge in [0.2, 0.25) is 0 Å². The molecule has 154 valence electrons. The average Bonchev–Trinajstić information content (AvgIpc) is 2.86. The zero-order chi connectivity index (χ0) is 21.1. The molecule has 2 rings (SSSR count). The molecule has 1 atom stereocenters. The van der Waals surface area contributed by atoms with Crippen LogP contribution in [-0.4, -0.2) is 34.9 Å². The van der Waals surface area contributed by atoms with Gasteiger partial charge in [0.15, 0.2) is 0 Å². The van der Waals surface area contributed by atoms with Gasteiger partial charge in [-0.2, -0.15) is 0 Å². The summed E-state index contributed by atoms with van der Waals surface area (Å²) in [5.41, 5.74) is 0.827. The molecule has 1 N–H and O–H groups in total. The van der Waals surface area contributed by atoms with Crippen molar-refractivity contribution in [3.05, 3.63) is 34.4 Å². The second kappa shape index (κ2) is 9.09. The molecule has 0 aliphatic rings. The number of esters is 1. The standard InChI is InChI=1S/C21H29BrN2O4/c1-7-27-19(25)18(13(2)3)23-12-16-17(22)14-10-8-9-11-15(14)24(16)20(26)28-21(4,5)6/h8-11,13,18,23H,7,12H2,1-6H3/t18-/m0/s1. The zero-order valence-electron chi connectivity index (χ0n) is 17.3. The third-order valence-corrected chi connectivity index (χ3v) is 5.06. The van der Waals surface area contributed by atoms with E-state index in [4.69, 9.17) is 9.47 Å². The molecule has 0 radical (unpaired) electrons. The maximum absolute atomic E-state index is 12.9. The Morgan fingerprint density at radius 2 is 1.86 bits per heavy atom. The normalized spacial score (nSPS) is 13.0. The van der Waals surface area contributed by atoms with Crippen LogP contribution >= 0.6 is 15.9 Å². The van der Waals surface area contributed by atoms with Crippen molar-refractivity contribution < 1.29 is 19.1 Å². The quantitative estimate of drug-likeness (QED) is 0.633. The van der Waals surface area contributed by atoms with Crippen LogP contribution in [0.15, 0.2) is 28.7 Å². The number of hydrogen-bond acceptors (Lipinski definition) is 5. The summed E-state index contributed by atoms with van der Waals surface area (Å²) in [5.74, 6) is -0.259. The predicted molar refractivity (Wildman–Crippen MR) is 113 cm³/mol. The number of carbonyl (C=O) groups is 2. The molecule has 0 unspecified atom stereocenters. The van der Waals surface area contributed by atoms with Crippen LogP contribution in [0.25, 0.3) is 10.9 Å². The van der Waals surface area contributed by atoms with Crippen molar-refractivity contribution in [2.24, 2.45) is 5.92 Å². The van der Waals surface area contributed by atoms with Crippen LogP contribution in [0.1, 0.15) is 47.2 Å². The van der Waals surface area contributed by atoms with Gasteiger partial charge >= 0.3 is 12.1 Å². The molecule has 1 heterocycles. The summed E-state index contributed by atoms with van der Waals surface area (Å²) in [6.45, 7) is 11.8. The molecule has 0 fully saturated rings. The minimum Gasteiger partial charge on any atom is -0.465 e. The lowest BCUT2D eigenvalue weighted by atomic mass is 10.0. The highest BCUT2D eigenvalue weighted by molar-refractivity contribution is 9.10. The van der Waals surface area contributed by atoms with Crippen molar-refractivity contribution in [2.45, 2.75) is 59.7 Å². The number of fused-ring (bicyclic) bond motifs is 1. The van der Waals surface area contributed by atoms with Gasteiger partial charge in [-0.25, -0.2) is 9.36 Å². The van der Waals surface area contributed by atoms with Gasteiger partial charge in [0.25, 0.3) is 0 Å². The molecule has 0 bridgehead atoms. The second-order valence-electron chi connectivity index (χ2n) is 7.95. The SMILES string of the molecule is CCOC(=O)[C@@H](NCc1c(Br)c2ccccc2n1C(=O)OC(C)(C)C)C(C)C. The Balaban J connectivity index is 2.42. The predicted octanol–water partition coefficient (Wildman–Crippen LogP) is 4.86. The number of benzene rings is 1. The highest BCUT2D eigenvalue weighted by atomic mass is 79.9. The summed E-state index contributed by atoms with van der Waals surface area (Å²) in [6.07, 6.45) is -0.455. The van der Waals surface area contributed by atoms with Crippen molar-refractivity contribution >= 4 is 38.9 Å². The summed E-state index contributed by atoms with van der Waals surface area (Å²) in [4.78, 5) is 25.2. The molecule has 1 aromatic heterocycles. The largest absolute Gasteiger partial charge is 0.465 e. The number of ether oxygens (including phenoxy) is 2. The van der Waals surface area contributed by atoms with Gasteiger partial charge in [0.05, 0.1) is 17.8 Å². The highest BCUT2D eigenvalue weighted by Gasteiger charge is 2.27. The van der Waals surface area contributed by atoms with Crippen LogP contribution in [0.4, 0.5) is 4.79 Å². The van der Waals surface area contributed by atoms with Gasteiger partial charge in [-0.05, 0) is 55.6 Å². The van der Waals surface area contributed by atoms with Crippen molar-refractivity contribution in [1.29, 1.82) is 0 Å². The Bertz CT molecular complexity index is 852. The van der Waals surface area contributed by atoms with Crippen LogP contribution in [0.5, 0.6) is 0 Å². The number of halogens is 1. The summed E-state index contributed by atoms with van der Waals surface area (Å²) in [7, 11) is 0. The first kappa shape index (κ1) is 22.4. The van der Waals surface area contributed by atoms with E-state index in [1.807, 2.05) is 58.9 Å². The molecule has 0 saturated carbocycles. The van der Waals surface area contributed by atoms with Crippen LogP contribution in [-0.2, 0) is 20.8 Å². The first-order valence-corrected chi connectivity index (χ1v) is 10.3. The third-order valence-electron chi connectivity index (χ3n) is 4.18. The molecule has 0 aliphatic carbocycles. The zero-order valence-corrected chi connectivity index (χ0v) is 18.9. The van der Waals surface area contributed by atoms with Gasteiger partial charge in [-0.15, -0.1) is 0 Å². The van der Waals surface area contributed by atoms with E-state index in [0.29, 0.717) is 18.8 Å². The van der Waals surface area contributed by atoms with E-state index in [-0.39, 0.29) is 11.9 Å². The second-order valence-corrected chi connectivity index (χ2v) is 8.74. The Hall–Kier alpha value is -1.86. The number of nitrogens with zero attached hydrogens (tertiary/aromatic N) is 1. The molecule has 0 saturated heterocycles. The first-order valence-electron chi connectivity index (χ1n) is 9.48. The highest BCUT2D eigenvalue weighted by Crippen LogP contribution is 2.32. The molecular formula is C21H29BrN2O4. The maximum atomic E-state index is 12.9. The van der Waals surface area contributed by atoms with Crippen LogP contribution in [0.3, 0.4) is 0 Å². The molecule has 0 spiro atoms. The molecule has 6 nitrogen and oxygen atoms in total. The Morgan fingerprint density at radius 3 is 2.43 bits per heavy atom. The Labute approximate surface area is 174 Å². The maximum Gasteiger partial charge on any atom is 0.419 e. The Kier molecular flexibility index (Phi) is 7.28. The minimum atomic E-state index is -0.620. The minimum absolute atomic E-state index is 0.0391. The Morgan fingerprint density at radius 1 is 1.21 bits per heavy atom. The van der Waals surface area contributed by atoms with E-state index in [1.165, 1.54) is 0 Å². The molecule has 28 heavy (non-hydrogen) atoms. The van der Waals surface area contributed by atoms with Gasteiger partial charge < -0.3 is 9.47 Å². The summed E-state index contributed by atoms with van der Waals surface area (Å²) < 4.78 is 13.1. The topological polar surface area (TPSA) is 69.6 Å². The smallest absolute Gasteiger partial charge is 0.419 e. The van der Waals surface area contributed by atoms with E-state index in [0.717, 1.165) is 15.4 Å². The monoisotopic (exact) mass is 452 g/mol. The summed E-state index contributed by atoms with van der Waals surface area (Å²) in [5, 5.41) is 4.15. The van der Waals surface area contributed by atoms with Crippen molar-refractivity contribution in [3.8, 4) is 0 Å². The third kappa shape index (κ3) is 5.14. The average molecular weight is 453 g/mol. The molecule has 2 aromatic rings. The summed E-state index contributed by atoms with van der Waals surface area (Å²) >= 11 is 3.62. The van der Waals surface area contributed by atoms with E-state index in [1.54, 1.807) is 11.5 Å². The fraction of sp³-hybridized carbons (Fsp3) is 0.524. The van der Waals surface area contributed by atoms with Crippen LogP contribution in [0, 0.1) is 5.92 Å². The van der Waals surface area contributed by atoms with Crippen LogP contribution < -0.4 is 5.32 Å². The number of carbonyl (C=O) groups excluding carboxylic acids is 2. The number of aromatic nitrogens is 1. The number of nitrogens with one attached hydrogen (secondary N) is 1. The molecule has 7 heteroatoms. The lowest BCUT2D eigenvalue weighted by molar-refractivity contribution is -0.146. The molecule has 1 aromatic carbocycles. The number of rotatable bonds is 6. The fourth-order valence-electron chi connectivity index (χ4n) is 2.96. The molecule has 0 aliphatic heterocycles. The van der Waals surface area contributed by atoms with Crippen molar-refractivity contribution in [2.75, 3.05) is 6.61 Å². The van der Waals surface area contributed by atoms with Crippen molar-refractivity contribution in [3.63, 3.8) is 0 Å². The van der Waals surface area contributed by atoms with Crippen LogP contribution in [0.2, 0.25) is 0 Å². The fourth-order valence-corrected chi connectivity index (χ4v) is 3.61. The van der Waals surface area contributed by atoms with E-state index < -0.39 is 17.7 Å². The number of para-hydroxylation sites is 1. The van der Waals surface area contributed by atoms with Gasteiger partial charge in [-0.1, -0.05) is 32.0 Å². The lowest BCUT2D eigenvalue weighted by Gasteiger charge is -2.23. The summed E-state index contributed by atoms with van der Waals surface area (Å²) in [6, 6.07) is 7.13. The van der Waals surface area contributed by atoms with Gasteiger partial charge in [-0.3, -0.25) is 10.1 Å². The van der Waals surface area contributed by atoms with Crippen molar-refractivity contribution in [1.82, 2.24) is 9.88 Å². The molecular weight excluding hydrogens is 424 g/mol. The van der Waals surface area contributed by atoms with E-state index in [9.17, 15) is 9.59 Å². The van der Waals surface area contributed by atoms with Gasteiger partial charge in [0, 0.05) is 16.4 Å². The molecule has 0 amide bonds. The van der Waals surface area contributed by atoms with Gasteiger partial charge in [0.1, 0.15) is 11.6 Å². The first-order chi connectivity index (χ1) is 13.1. The lowest BCUT2D eigenvalue weighted by Crippen LogP contribution is -2.42. The van der Waals surface area contributed by atoms with E-state index >= 15 is 0 Å².